The maximum atomic E-state index is 12.5. The van der Waals surface area contributed by atoms with Crippen molar-refractivity contribution in [3.63, 3.8) is 0 Å². The number of hydrogen-bond donors (Lipinski definition) is 1. The van der Waals surface area contributed by atoms with E-state index in [2.05, 4.69) is 9.62 Å². The van der Waals surface area contributed by atoms with Gasteiger partial charge in [-0.05, 0) is 42.8 Å². The van der Waals surface area contributed by atoms with Crippen molar-refractivity contribution < 1.29 is 13.2 Å². The Hall–Kier alpha value is -2.06. The van der Waals surface area contributed by atoms with E-state index in [9.17, 15) is 13.2 Å². The topological polar surface area (TPSA) is 69.7 Å². The maximum absolute atomic E-state index is 12.5. The molecule has 0 radical (unpaired) electrons. The Bertz CT molecular complexity index is 867. The van der Waals surface area contributed by atoms with Crippen LogP contribution < -0.4 is 9.62 Å². The molecule has 1 amide bonds. The SMILES string of the molecule is CCc1ccc(S(=O)(=O)Nc2ccc(N3CCN(C(C)=O)CC3)cc2)s1. The number of anilines is 2. The van der Waals surface area contributed by atoms with Crippen molar-refractivity contribution >= 4 is 38.6 Å². The summed E-state index contributed by atoms with van der Waals surface area (Å²) in [6, 6.07) is 10.9. The van der Waals surface area contributed by atoms with Crippen molar-refractivity contribution in [3.8, 4) is 0 Å². The van der Waals surface area contributed by atoms with Gasteiger partial charge in [-0.25, -0.2) is 8.42 Å². The minimum absolute atomic E-state index is 0.106. The highest BCUT2D eigenvalue weighted by Gasteiger charge is 2.20. The average Bonchev–Trinajstić information content (AvgIpc) is 3.12. The number of sulfonamides is 1. The van der Waals surface area contributed by atoms with Crippen molar-refractivity contribution in [3.05, 3.63) is 41.3 Å². The van der Waals surface area contributed by atoms with Gasteiger partial charge >= 0.3 is 0 Å². The van der Waals surface area contributed by atoms with E-state index in [1.165, 1.54) is 11.3 Å². The fourth-order valence-corrected chi connectivity index (χ4v) is 5.27. The number of aryl methyl sites for hydroxylation is 1. The number of amides is 1. The van der Waals surface area contributed by atoms with Gasteiger partial charge in [0, 0.05) is 49.4 Å². The lowest BCUT2D eigenvalue weighted by atomic mass is 10.2. The number of nitrogens with zero attached hydrogens (tertiary/aromatic N) is 2. The predicted molar refractivity (Wildman–Crippen MR) is 105 cm³/mol. The number of carbonyl (C=O) groups excluding carboxylic acids is 1. The van der Waals surface area contributed by atoms with Crippen LogP contribution in [-0.4, -0.2) is 45.4 Å². The minimum Gasteiger partial charge on any atom is -0.368 e. The highest BCUT2D eigenvalue weighted by atomic mass is 32.2. The summed E-state index contributed by atoms with van der Waals surface area (Å²) in [5, 5.41) is 0. The molecule has 140 valence electrons. The molecule has 0 atom stereocenters. The second-order valence-corrected chi connectivity index (χ2v) is 9.30. The van der Waals surface area contributed by atoms with Gasteiger partial charge in [0.25, 0.3) is 10.0 Å². The van der Waals surface area contributed by atoms with Gasteiger partial charge in [-0.3, -0.25) is 9.52 Å². The Labute approximate surface area is 158 Å². The van der Waals surface area contributed by atoms with Gasteiger partial charge in [0.15, 0.2) is 0 Å². The summed E-state index contributed by atoms with van der Waals surface area (Å²) < 4.78 is 27.9. The van der Waals surface area contributed by atoms with Crippen LogP contribution in [0.1, 0.15) is 18.7 Å². The maximum Gasteiger partial charge on any atom is 0.271 e. The van der Waals surface area contributed by atoms with E-state index in [0.717, 1.165) is 30.1 Å². The lowest BCUT2D eigenvalue weighted by Crippen LogP contribution is -2.48. The quantitative estimate of drug-likeness (QED) is 0.848. The van der Waals surface area contributed by atoms with Crippen LogP contribution in [0.15, 0.2) is 40.6 Å². The summed E-state index contributed by atoms with van der Waals surface area (Å²) in [7, 11) is -3.55. The first-order chi connectivity index (χ1) is 12.4. The fraction of sp³-hybridized carbons (Fsp3) is 0.389. The summed E-state index contributed by atoms with van der Waals surface area (Å²) in [6.45, 7) is 6.57. The van der Waals surface area contributed by atoms with Crippen LogP contribution in [0.5, 0.6) is 0 Å². The molecule has 0 aliphatic carbocycles. The molecule has 8 heteroatoms. The van der Waals surface area contributed by atoms with E-state index in [4.69, 9.17) is 0 Å². The Kier molecular flexibility index (Phi) is 5.52. The molecule has 2 heterocycles. The van der Waals surface area contributed by atoms with E-state index >= 15 is 0 Å². The molecule has 1 aromatic carbocycles. The number of nitrogens with one attached hydrogen (secondary N) is 1. The van der Waals surface area contributed by atoms with Crippen LogP contribution in [0.4, 0.5) is 11.4 Å². The van der Waals surface area contributed by atoms with E-state index in [1.54, 1.807) is 25.1 Å². The van der Waals surface area contributed by atoms with E-state index in [-0.39, 0.29) is 5.91 Å². The second kappa shape index (κ2) is 7.67. The Morgan fingerprint density at radius 1 is 1.08 bits per heavy atom. The average molecular weight is 394 g/mol. The van der Waals surface area contributed by atoms with Gasteiger partial charge in [-0.2, -0.15) is 0 Å². The summed E-state index contributed by atoms with van der Waals surface area (Å²) in [5.41, 5.74) is 1.57. The van der Waals surface area contributed by atoms with Crippen LogP contribution >= 0.6 is 11.3 Å². The zero-order valence-corrected chi connectivity index (χ0v) is 16.6. The third-order valence-corrected chi connectivity index (χ3v) is 7.56. The molecular formula is C18H23N3O3S2. The summed E-state index contributed by atoms with van der Waals surface area (Å²) in [6.07, 6.45) is 0.825. The molecule has 0 bridgehead atoms. The van der Waals surface area contributed by atoms with Crippen molar-refractivity contribution in [2.45, 2.75) is 24.5 Å². The molecule has 1 aromatic heterocycles. The predicted octanol–water partition coefficient (Wildman–Crippen LogP) is 2.78. The van der Waals surface area contributed by atoms with Crippen molar-refractivity contribution in [2.75, 3.05) is 35.8 Å². The zero-order chi connectivity index (χ0) is 18.7. The molecule has 3 rings (SSSR count). The van der Waals surface area contributed by atoms with Crippen LogP contribution in [-0.2, 0) is 21.2 Å². The largest absolute Gasteiger partial charge is 0.368 e. The number of benzene rings is 1. The molecule has 1 fully saturated rings. The highest BCUT2D eigenvalue weighted by Crippen LogP contribution is 2.26. The summed E-state index contributed by atoms with van der Waals surface area (Å²) in [4.78, 5) is 16.5. The number of piperazine rings is 1. The van der Waals surface area contributed by atoms with Gasteiger partial charge in [0.05, 0.1) is 0 Å². The molecule has 0 unspecified atom stereocenters. The summed E-state index contributed by atoms with van der Waals surface area (Å²) in [5.74, 6) is 0.106. The fourth-order valence-electron chi connectivity index (χ4n) is 2.92. The number of hydrogen-bond acceptors (Lipinski definition) is 5. The standard InChI is InChI=1S/C18H23N3O3S2/c1-3-17-8-9-18(25-17)26(23,24)19-15-4-6-16(7-5-15)21-12-10-20(11-13-21)14(2)22/h4-9,19H,3,10-13H2,1-2H3. The molecule has 1 saturated heterocycles. The van der Waals surface area contributed by atoms with Crippen molar-refractivity contribution in [2.24, 2.45) is 0 Å². The third-order valence-electron chi connectivity index (χ3n) is 4.46. The first-order valence-electron chi connectivity index (χ1n) is 8.61. The molecule has 26 heavy (non-hydrogen) atoms. The van der Waals surface area contributed by atoms with E-state index in [0.29, 0.717) is 23.0 Å². The Morgan fingerprint density at radius 2 is 1.73 bits per heavy atom. The summed E-state index contributed by atoms with van der Waals surface area (Å²) >= 11 is 1.30. The Morgan fingerprint density at radius 3 is 2.27 bits per heavy atom. The highest BCUT2D eigenvalue weighted by molar-refractivity contribution is 7.94. The number of rotatable bonds is 5. The van der Waals surface area contributed by atoms with Crippen LogP contribution in [0.3, 0.4) is 0 Å². The zero-order valence-electron chi connectivity index (χ0n) is 14.9. The van der Waals surface area contributed by atoms with Gasteiger partial charge in [-0.1, -0.05) is 6.92 Å². The van der Waals surface area contributed by atoms with Crippen LogP contribution in [0, 0.1) is 0 Å². The van der Waals surface area contributed by atoms with E-state index < -0.39 is 10.0 Å². The van der Waals surface area contributed by atoms with Gasteiger partial charge in [-0.15, -0.1) is 11.3 Å². The van der Waals surface area contributed by atoms with Crippen LogP contribution in [0.25, 0.3) is 0 Å². The van der Waals surface area contributed by atoms with Crippen LogP contribution in [0.2, 0.25) is 0 Å². The molecule has 1 aliphatic heterocycles. The molecular weight excluding hydrogens is 370 g/mol. The lowest BCUT2D eigenvalue weighted by molar-refractivity contribution is -0.129. The molecule has 6 nitrogen and oxygen atoms in total. The molecule has 2 aromatic rings. The van der Waals surface area contributed by atoms with Crippen molar-refractivity contribution in [1.82, 2.24) is 4.90 Å². The monoisotopic (exact) mass is 393 g/mol. The normalized spacial score (nSPS) is 15.2. The first-order valence-corrected chi connectivity index (χ1v) is 10.9. The van der Waals surface area contributed by atoms with Crippen molar-refractivity contribution in [1.29, 1.82) is 0 Å². The number of thiophene rings is 1. The smallest absolute Gasteiger partial charge is 0.271 e. The third kappa shape index (κ3) is 4.19. The van der Waals surface area contributed by atoms with Gasteiger partial charge in [0.2, 0.25) is 5.91 Å². The molecule has 1 N–H and O–H groups in total. The molecule has 0 saturated carbocycles. The number of carbonyl (C=O) groups is 1. The molecule has 1 aliphatic rings. The van der Waals surface area contributed by atoms with Gasteiger partial charge < -0.3 is 9.80 Å². The lowest BCUT2D eigenvalue weighted by Gasteiger charge is -2.35. The minimum atomic E-state index is -3.55. The van der Waals surface area contributed by atoms with E-state index in [1.807, 2.05) is 30.0 Å². The molecule has 0 spiro atoms. The Balaban J connectivity index is 1.65. The first kappa shape index (κ1) is 18.7. The van der Waals surface area contributed by atoms with Gasteiger partial charge in [0.1, 0.15) is 4.21 Å². The second-order valence-electron chi connectivity index (χ2n) is 6.22.